The first-order chi connectivity index (χ1) is 9.22. The molecule has 2 heterocycles. The molecule has 0 bridgehead atoms. The Balaban J connectivity index is 1.72. The SMILES string of the molecule is CC1CNCC(O)CN1Cc1ccc2c(c1)OCO2. The van der Waals surface area contributed by atoms with Gasteiger partial charge in [0.05, 0.1) is 6.10 Å². The second-order valence-electron chi connectivity index (χ2n) is 5.28. The van der Waals surface area contributed by atoms with Crippen LogP contribution in [0.1, 0.15) is 12.5 Å². The number of ether oxygens (including phenoxy) is 2. The van der Waals surface area contributed by atoms with Crippen molar-refractivity contribution in [3.8, 4) is 11.5 Å². The molecule has 2 unspecified atom stereocenters. The summed E-state index contributed by atoms with van der Waals surface area (Å²) in [5, 5.41) is 13.1. The number of rotatable bonds is 2. The molecule has 5 heteroatoms. The number of hydrogen-bond donors (Lipinski definition) is 2. The summed E-state index contributed by atoms with van der Waals surface area (Å²) in [6, 6.07) is 6.45. The van der Waals surface area contributed by atoms with Crippen molar-refractivity contribution in [2.45, 2.75) is 25.6 Å². The molecule has 3 rings (SSSR count). The standard InChI is InChI=1S/C14H20N2O3/c1-10-5-15-6-12(17)8-16(10)7-11-2-3-13-14(4-11)19-9-18-13/h2-4,10,12,15,17H,5-9H2,1H3. The molecular weight excluding hydrogens is 244 g/mol. The van der Waals surface area contributed by atoms with Gasteiger partial charge in [0.25, 0.3) is 0 Å². The van der Waals surface area contributed by atoms with Gasteiger partial charge < -0.3 is 19.9 Å². The summed E-state index contributed by atoms with van der Waals surface area (Å²) < 4.78 is 10.7. The molecule has 1 fully saturated rings. The molecule has 1 aromatic rings. The molecule has 2 N–H and O–H groups in total. The number of benzene rings is 1. The zero-order valence-corrected chi connectivity index (χ0v) is 11.1. The maximum Gasteiger partial charge on any atom is 0.231 e. The molecule has 0 amide bonds. The Labute approximate surface area is 113 Å². The number of aliphatic hydroxyl groups is 1. The van der Waals surface area contributed by atoms with Gasteiger partial charge in [0.1, 0.15) is 0 Å². The van der Waals surface area contributed by atoms with Crippen LogP contribution in [0.4, 0.5) is 0 Å². The van der Waals surface area contributed by atoms with Gasteiger partial charge in [0.2, 0.25) is 6.79 Å². The van der Waals surface area contributed by atoms with Crippen LogP contribution in [0, 0.1) is 0 Å². The second kappa shape index (κ2) is 5.36. The molecule has 0 aromatic heterocycles. The van der Waals surface area contributed by atoms with Gasteiger partial charge in [-0.2, -0.15) is 0 Å². The number of nitrogens with one attached hydrogen (secondary N) is 1. The fourth-order valence-corrected chi connectivity index (χ4v) is 2.60. The molecule has 19 heavy (non-hydrogen) atoms. The zero-order chi connectivity index (χ0) is 13.2. The number of nitrogens with zero attached hydrogens (tertiary/aromatic N) is 1. The summed E-state index contributed by atoms with van der Waals surface area (Å²) in [6.07, 6.45) is -0.307. The molecule has 5 nitrogen and oxygen atoms in total. The van der Waals surface area contributed by atoms with Gasteiger partial charge in [-0.3, -0.25) is 4.90 Å². The Kier molecular flexibility index (Phi) is 3.59. The van der Waals surface area contributed by atoms with Crippen molar-refractivity contribution >= 4 is 0 Å². The minimum Gasteiger partial charge on any atom is -0.454 e. The molecule has 0 saturated carbocycles. The Bertz CT molecular complexity index is 452. The normalized spacial score (nSPS) is 27.3. The fraction of sp³-hybridized carbons (Fsp3) is 0.571. The highest BCUT2D eigenvalue weighted by molar-refractivity contribution is 5.44. The number of β-amino-alcohol motifs (C(OH)–C–C–N with tert-alkyl or cyclic N) is 1. The maximum atomic E-state index is 9.86. The van der Waals surface area contributed by atoms with E-state index in [0.29, 0.717) is 25.9 Å². The molecule has 0 radical (unpaired) electrons. The topological polar surface area (TPSA) is 54.0 Å². The van der Waals surface area contributed by atoms with Crippen molar-refractivity contribution in [1.29, 1.82) is 0 Å². The first kappa shape index (κ1) is 12.7. The van der Waals surface area contributed by atoms with Crippen molar-refractivity contribution in [3.05, 3.63) is 23.8 Å². The third-order valence-electron chi connectivity index (χ3n) is 3.71. The molecule has 2 atom stereocenters. The molecule has 104 valence electrons. The predicted octanol–water partition coefficient (Wildman–Crippen LogP) is 0.570. The summed E-state index contributed by atoms with van der Waals surface area (Å²) in [5.74, 6) is 1.63. The van der Waals surface area contributed by atoms with Gasteiger partial charge >= 0.3 is 0 Å². The number of fused-ring (bicyclic) bond motifs is 1. The maximum absolute atomic E-state index is 9.86. The van der Waals surface area contributed by atoms with Crippen LogP contribution in [0.2, 0.25) is 0 Å². The van der Waals surface area contributed by atoms with E-state index in [0.717, 1.165) is 24.6 Å². The molecule has 0 spiro atoms. The highest BCUT2D eigenvalue weighted by atomic mass is 16.7. The number of hydrogen-bond acceptors (Lipinski definition) is 5. The van der Waals surface area contributed by atoms with E-state index < -0.39 is 0 Å². The largest absolute Gasteiger partial charge is 0.454 e. The smallest absolute Gasteiger partial charge is 0.231 e. The van der Waals surface area contributed by atoms with Gasteiger partial charge in [-0.05, 0) is 24.6 Å². The van der Waals surface area contributed by atoms with E-state index in [1.54, 1.807) is 0 Å². The Morgan fingerprint density at radius 3 is 3.05 bits per heavy atom. The van der Waals surface area contributed by atoms with Gasteiger partial charge in [-0.25, -0.2) is 0 Å². The quantitative estimate of drug-likeness (QED) is 0.818. The summed E-state index contributed by atoms with van der Waals surface area (Å²) in [5.41, 5.74) is 1.19. The van der Waals surface area contributed by atoms with Crippen LogP contribution in [0.5, 0.6) is 11.5 Å². The fourth-order valence-electron chi connectivity index (χ4n) is 2.60. The van der Waals surface area contributed by atoms with Crippen LogP contribution in [-0.4, -0.2) is 48.6 Å². The molecule has 1 aromatic carbocycles. The molecule has 0 aliphatic carbocycles. The predicted molar refractivity (Wildman–Crippen MR) is 71.3 cm³/mol. The minimum absolute atomic E-state index is 0.307. The summed E-state index contributed by atoms with van der Waals surface area (Å²) in [4.78, 5) is 2.29. The second-order valence-corrected chi connectivity index (χ2v) is 5.28. The highest BCUT2D eigenvalue weighted by Crippen LogP contribution is 2.32. The van der Waals surface area contributed by atoms with Crippen molar-refractivity contribution in [3.63, 3.8) is 0 Å². The van der Waals surface area contributed by atoms with E-state index >= 15 is 0 Å². The van der Waals surface area contributed by atoms with E-state index in [1.165, 1.54) is 5.56 Å². The average molecular weight is 264 g/mol. The third kappa shape index (κ3) is 2.83. The van der Waals surface area contributed by atoms with Crippen molar-refractivity contribution < 1.29 is 14.6 Å². The molecule has 2 aliphatic rings. The van der Waals surface area contributed by atoms with Crippen LogP contribution in [0.3, 0.4) is 0 Å². The van der Waals surface area contributed by atoms with Crippen LogP contribution in [-0.2, 0) is 6.54 Å². The summed E-state index contributed by atoms with van der Waals surface area (Å²) in [6.45, 7) is 5.57. The van der Waals surface area contributed by atoms with Crippen molar-refractivity contribution in [2.75, 3.05) is 26.4 Å². The highest BCUT2D eigenvalue weighted by Gasteiger charge is 2.22. The van der Waals surface area contributed by atoms with E-state index in [2.05, 4.69) is 23.2 Å². The van der Waals surface area contributed by atoms with Crippen LogP contribution in [0.15, 0.2) is 18.2 Å². The van der Waals surface area contributed by atoms with E-state index in [9.17, 15) is 5.11 Å². The lowest BCUT2D eigenvalue weighted by Gasteiger charge is -2.27. The van der Waals surface area contributed by atoms with Crippen LogP contribution < -0.4 is 14.8 Å². The van der Waals surface area contributed by atoms with Crippen molar-refractivity contribution in [2.24, 2.45) is 0 Å². The Hall–Kier alpha value is -1.30. The first-order valence-electron chi connectivity index (χ1n) is 6.74. The van der Waals surface area contributed by atoms with E-state index in [-0.39, 0.29) is 6.10 Å². The van der Waals surface area contributed by atoms with E-state index in [1.807, 2.05) is 12.1 Å². The molecule has 1 saturated heterocycles. The van der Waals surface area contributed by atoms with Gasteiger partial charge in [-0.1, -0.05) is 6.07 Å². The number of aliphatic hydroxyl groups excluding tert-OH is 1. The lowest BCUT2D eigenvalue weighted by atomic mass is 10.1. The lowest BCUT2D eigenvalue weighted by Crippen LogP contribution is -2.38. The Morgan fingerprint density at radius 1 is 1.32 bits per heavy atom. The average Bonchev–Trinajstić information content (AvgIpc) is 2.79. The zero-order valence-electron chi connectivity index (χ0n) is 11.1. The minimum atomic E-state index is -0.307. The van der Waals surface area contributed by atoms with Crippen molar-refractivity contribution in [1.82, 2.24) is 10.2 Å². The third-order valence-corrected chi connectivity index (χ3v) is 3.71. The molecule has 2 aliphatic heterocycles. The lowest BCUT2D eigenvalue weighted by molar-refractivity contribution is 0.109. The first-order valence-corrected chi connectivity index (χ1v) is 6.74. The summed E-state index contributed by atoms with van der Waals surface area (Å²) in [7, 11) is 0. The van der Waals surface area contributed by atoms with Crippen LogP contribution >= 0.6 is 0 Å². The molecular formula is C14H20N2O3. The monoisotopic (exact) mass is 264 g/mol. The summed E-state index contributed by atoms with van der Waals surface area (Å²) >= 11 is 0. The van der Waals surface area contributed by atoms with Crippen LogP contribution in [0.25, 0.3) is 0 Å². The van der Waals surface area contributed by atoms with Gasteiger partial charge in [-0.15, -0.1) is 0 Å². The van der Waals surface area contributed by atoms with Gasteiger partial charge in [0, 0.05) is 32.2 Å². The Morgan fingerprint density at radius 2 is 2.16 bits per heavy atom. The van der Waals surface area contributed by atoms with Gasteiger partial charge in [0.15, 0.2) is 11.5 Å². The van der Waals surface area contributed by atoms with E-state index in [4.69, 9.17) is 9.47 Å².